The van der Waals surface area contributed by atoms with Crippen LogP contribution in [0.4, 0.5) is 0 Å². The molecule has 0 unspecified atom stereocenters. The maximum atomic E-state index is 12.1. The van der Waals surface area contributed by atoms with Crippen LogP contribution >= 0.6 is 11.3 Å². The fourth-order valence-electron chi connectivity index (χ4n) is 3.88. The maximum absolute atomic E-state index is 12.1. The summed E-state index contributed by atoms with van der Waals surface area (Å²) in [6, 6.07) is 3.59. The Morgan fingerprint density at radius 3 is 3.12 bits per heavy atom. The lowest BCUT2D eigenvalue weighted by atomic mass is 9.84. The van der Waals surface area contributed by atoms with Crippen molar-refractivity contribution in [3.05, 3.63) is 46.2 Å². The SMILES string of the molecule is C=C1C(=O)O[C@H]2[C@H]1CC/C(COC(=O)c1cccs1)=C\CC[C@@]1(C)O[C@@H]21. The van der Waals surface area contributed by atoms with Gasteiger partial charge in [0, 0.05) is 11.5 Å². The molecule has 6 heteroatoms. The highest BCUT2D eigenvalue weighted by Gasteiger charge is 2.61. The van der Waals surface area contributed by atoms with Crippen LogP contribution in [0.2, 0.25) is 0 Å². The van der Waals surface area contributed by atoms with Crippen LogP contribution in [-0.2, 0) is 19.0 Å². The van der Waals surface area contributed by atoms with E-state index in [1.807, 2.05) is 11.4 Å². The van der Waals surface area contributed by atoms with Crippen molar-refractivity contribution in [2.75, 3.05) is 6.61 Å². The zero-order chi connectivity index (χ0) is 18.3. The molecular weight excluding hydrogens is 352 g/mol. The third kappa shape index (κ3) is 3.23. The number of epoxide rings is 1. The number of ether oxygens (including phenoxy) is 3. The van der Waals surface area contributed by atoms with E-state index in [-0.39, 0.29) is 42.3 Å². The van der Waals surface area contributed by atoms with Gasteiger partial charge in [-0.05, 0) is 49.6 Å². The molecule has 4 atom stereocenters. The molecule has 2 aliphatic heterocycles. The summed E-state index contributed by atoms with van der Waals surface area (Å²) in [6.45, 7) is 6.26. The molecule has 0 aromatic carbocycles. The normalized spacial score (nSPS) is 35.6. The van der Waals surface area contributed by atoms with Crippen molar-refractivity contribution in [3.8, 4) is 0 Å². The van der Waals surface area contributed by atoms with E-state index < -0.39 is 0 Å². The fourth-order valence-corrected chi connectivity index (χ4v) is 4.49. The molecule has 0 spiro atoms. The monoisotopic (exact) mass is 374 g/mol. The van der Waals surface area contributed by atoms with Gasteiger partial charge in [0.05, 0.1) is 5.60 Å². The molecule has 2 saturated heterocycles. The number of carbonyl (C=O) groups is 2. The second-order valence-corrected chi connectivity index (χ2v) is 8.29. The van der Waals surface area contributed by atoms with Gasteiger partial charge in [0.15, 0.2) is 0 Å². The van der Waals surface area contributed by atoms with Crippen molar-refractivity contribution >= 4 is 23.3 Å². The van der Waals surface area contributed by atoms with Crippen LogP contribution in [0.5, 0.6) is 0 Å². The fraction of sp³-hybridized carbons (Fsp3) is 0.500. The number of esters is 2. The molecule has 3 heterocycles. The van der Waals surface area contributed by atoms with Gasteiger partial charge in [-0.25, -0.2) is 9.59 Å². The quantitative estimate of drug-likeness (QED) is 0.350. The van der Waals surface area contributed by atoms with Gasteiger partial charge in [0.1, 0.15) is 23.7 Å². The van der Waals surface area contributed by atoms with E-state index in [1.54, 1.807) is 6.07 Å². The van der Waals surface area contributed by atoms with Gasteiger partial charge in [0.25, 0.3) is 0 Å². The number of thiophene rings is 1. The van der Waals surface area contributed by atoms with Crippen molar-refractivity contribution in [1.29, 1.82) is 0 Å². The van der Waals surface area contributed by atoms with Gasteiger partial charge in [-0.15, -0.1) is 11.3 Å². The second-order valence-electron chi connectivity index (χ2n) is 7.35. The molecule has 0 amide bonds. The van der Waals surface area contributed by atoms with Crippen molar-refractivity contribution in [2.45, 2.75) is 50.4 Å². The molecule has 1 aromatic rings. The van der Waals surface area contributed by atoms with Crippen LogP contribution in [0.3, 0.4) is 0 Å². The molecule has 5 nitrogen and oxygen atoms in total. The molecule has 1 aliphatic carbocycles. The molecule has 2 fully saturated rings. The minimum Gasteiger partial charge on any atom is -0.457 e. The minimum absolute atomic E-state index is 0.0381. The van der Waals surface area contributed by atoms with E-state index in [0.29, 0.717) is 10.5 Å². The van der Waals surface area contributed by atoms with Crippen LogP contribution in [-0.4, -0.2) is 36.4 Å². The first kappa shape index (κ1) is 17.5. The first-order valence-electron chi connectivity index (χ1n) is 8.94. The first-order chi connectivity index (χ1) is 12.5. The number of carbonyl (C=O) groups excluding carboxylic acids is 2. The molecule has 3 aliphatic rings. The van der Waals surface area contributed by atoms with Crippen LogP contribution in [0.15, 0.2) is 41.3 Å². The topological polar surface area (TPSA) is 65.1 Å². The van der Waals surface area contributed by atoms with Gasteiger partial charge in [-0.1, -0.05) is 18.7 Å². The number of hydrogen-bond acceptors (Lipinski definition) is 6. The summed E-state index contributed by atoms with van der Waals surface area (Å²) in [7, 11) is 0. The van der Waals surface area contributed by atoms with Gasteiger partial charge in [-0.2, -0.15) is 0 Å². The standard InChI is InChI=1S/C20H22O5S/c1-12-14-8-7-13(11-23-19(22)15-6-4-10-26-15)5-3-9-20(2)17(25-20)16(14)24-18(12)21/h4-6,10,14,16-17H,1,3,7-9,11H2,2H3/b13-5+/t14-,16-,17-,20+/m0/s1. The van der Waals surface area contributed by atoms with E-state index in [9.17, 15) is 9.59 Å². The number of hydrogen-bond donors (Lipinski definition) is 0. The summed E-state index contributed by atoms with van der Waals surface area (Å²) in [4.78, 5) is 24.7. The Hall–Kier alpha value is -1.92. The Morgan fingerprint density at radius 2 is 2.35 bits per heavy atom. The van der Waals surface area contributed by atoms with Crippen LogP contribution in [0.1, 0.15) is 42.3 Å². The lowest BCUT2D eigenvalue weighted by Crippen LogP contribution is -2.29. The maximum Gasteiger partial charge on any atom is 0.348 e. The Bertz CT molecular complexity index is 765. The number of rotatable bonds is 3. The van der Waals surface area contributed by atoms with E-state index in [0.717, 1.165) is 31.3 Å². The summed E-state index contributed by atoms with van der Waals surface area (Å²) in [5.41, 5.74) is 1.35. The van der Waals surface area contributed by atoms with Gasteiger partial charge >= 0.3 is 11.9 Å². The molecule has 0 saturated carbocycles. The third-order valence-corrected chi connectivity index (χ3v) is 6.40. The van der Waals surface area contributed by atoms with Gasteiger partial charge in [-0.3, -0.25) is 0 Å². The summed E-state index contributed by atoms with van der Waals surface area (Å²) >= 11 is 1.37. The summed E-state index contributed by atoms with van der Waals surface area (Å²) < 4.78 is 16.9. The van der Waals surface area contributed by atoms with Crippen molar-refractivity contribution < 1.29 is 23.8 Å². The molecule has 26 heavy (non-hydrogen) atoms. The third-order valence-electron chi connectivity index (χ3n) is 5.55. The van der Waals surface area contributed by atoms with E-state index >= 15 is 0 Å². The average molecular weight is 374 g/mol. The summed E-state index contributed by atoms with van der Waals surface area (Å²) in [6.07, 6.45) is 5.06. The molecule has 138 valence electrons. The van der Waals surface area contributed by atoms with Crippen molar-refractivity contribution in [3.63, 3.8) is 0 Å². The number of allylic oxidation sites excluding steroid dienone is 1. The Labute approximate surface area is 156 Å². The minimum atomic E-state index is -0.313. The van der Waals surface area contributed by atoms with E-state index in [4.69, 9.17) is 14.2 Å². The molecular formula is C20H22O5S. The van der Waals surface area contributed by atoms with E-state index in [1.165, 1.54) is 11.3 Å². The number of fused-ring (bicyclic) bond motifs is 3. The summed E-state index contributed by atoms with van der Waals surface area (Å²) in [5.74, 6) is -0.646. The van der Waals surface area contributed by atoms with Crippen LogP contribution in [0.25, 0.3) is 0 Å². The zero-order valence-corrected chi connectivity index (χ0v) is 15.6. The van der Waals surface area contributed by atoms with Gasteiger partial charge < -0.3 is 14.2 Å². The smallest absolute Gasteiger partial charge is 0.348 e. The largest absolute Gasteiger partial charge is 0.457 e. The predicted octanol–water partition coefficient (Wildman–Crippen LogP) is 3.66. The Balaban J connectivity index is 1.45. The highest BCUT2D eigenvalue weighted by atomic mass is 32.1. The highest BCUT2D eigenvalue weighted by Crippen LogP contribution is 2.49. The van der Waals surface area contributed by atoms with Gasteiger partial charge in [0.2, 0.25) is 0 Å². The van der Waals surface area contributed by atoms with E-state index in [2.05, 4.69) is 19.6 Å². The lowest BCUT2D eigenvalue weighted by molar-refractivity contribution is -0.140. The second kappa shape index (κ2) is 6.67. The predicted molar refractivity (Wildman–Crippen MR) is 96.9 cm³/mol. The molecule has 0 bridgehead atoms. The molecule has 4 rings (SSSR count). The zero-order valence-electron chi connectivity index (χ0n) is 14.7. The summed E-state index contributed by atoms with van der Waals surface area (Å²) in [5, 5.41) is 1.86. The molecule has 1 aromatic heterocycles. The highest BCUT2D eigenvalue weighted by molar-refractivity contribution is 7.11. The van der Waals surface area contributed by atoms with Crippen molar-refractivity contribution in [1.82, 2.24) is 0 Å². The van der Waals surface area contributed by atoms with Crippen LogP contribution in [0, 0.1) is 5.92 Å². The van der Waals surface area contributed by atoms with Crippen LogP contribution < -0.4 is 0 Å². The Kier molecular flexibility index (Phi) is 4.49. The molecule has 0 radical (unpaired) electrons. The van der Waals surface area contributed by atoms with Crippen molar-refractivity contribution in [2.24, 2.45) is 5.92 Å². The average Bonchev–Trinajstić information content (AvgIpc) is 2.98. The lowest BCUT2D eigenvalue weighted by Gasteiger charge is -2.20. The Morgan fingerprint density at radius 1 is 1.50 bits per heavy atom. The molecule has 0 N–H and O–H groups in total. The first-order valence-corrected chi connectivity index (χ1v) is 9.82.